The molecule has 1 amide bonds. The van der Waals surface area contributed by atoms with Crippen LogP contribution in [0.4, 0.5) is 0 Å². The number of piperidine rings is 1. The van der Waals surface area contributed by atoms with E-state index in [1.54, 1.807) is 4.90 Å². The third-order valence-corrected chi connectivity index (χ3v) is 4.66. The van der Waals surface area contributed by atoms with Crippen LogP contribution in [0.1, 0.15) is 31.0 Å². The van der Waals surface area contributed by atoms with Crippen molar-refractivity contribution >= 4 is 27.3 Å². The van der Waals surface area contributed by atoms with Crippen LogP contribution in [0.25, 0.3) is 0 Å². The molecule has 8 heteroatoms. The summed E-state index contributed by atoms with van der Waals surface area (Å²) in [6.07, 6.45) is 4.99. The van der Waals surface area contributed by atoms with Gasteiger partial charge >= 0.3 is 0 Å². The van der Waals surface area contributed by atoms with Gasteiger partial charge in [0.2, 0.25) is 5.91 Å². The number of amides is 1. The molecule has 0 aliphatic carbocycles. The van der Waals surface area contributed by atoms with E-state index < -0.39 is 9.84 Å². The van der Waals surface area contributed by atoms with Crippen molar-refractivity contribution in [2.24, 2.45) is 0 Å². The smallest absolute Gasteiger partial charge is 0.238 e. The molecule has 0 bridgehead atoms. The van der Waals surface area contributed by atoms with E-state index in [1.165, 1.54) is 6.20 Å². The van der Waals surface area contributed by atoms with Crippen molar-refractivity contribution in [3.8, 4) is 0 Å². The first-order valence-electron chi connectivity index (χ1n) is 6.04. The quantitative estimate of drug-likeness (QED) is 0.848. The maximum atomic E-state index is 11.8. The van der Waals surface area contributed by atoms with E-state index in [-0.39, 0.29) is 22.7 Å². The summed E-state index contributed by atoms with van der Waals surface area (Å²) >= 11 is 5.61. The lowest BCUT2D eigenvalue weighted by Gasteiger charge is -2.35. The molecule has 1 saturated heterocycles. The molecule has 106 valence electrons. The summed E-state index contributed by atoms with van der Waals surface area (Å²) in [4.78, 5) is 13.6. The Labute approximate surface area is 117 Å². The average Bonchev–Trinajstić information content (AvgIpc) is 2.87. The van der Waals surface area contributed by atoms with E-state index >= 15 is 0 Å². The van der Waals surface area contributed by atoms with Crippen LogP contribution >= 0.6 is 11.6 Å². The van der Waals surface area contributed by atoms with Crippen LogP contribution in [-0.4, -0.2) is 48.1 Å². The molecule has 19 heavy (non-hydrogen) atoms. The van der Waals surface area contributed by atoms with E-state index in [0.717, 1.165) is 19.1 Å². The Morgan fingerprint density at radius 1 is 1.58 bits per heavy atom. The van der Waals surface area contributed by atoms with Gasteiger partial charge in [0.25, 0.3) is 0 Å². The minimum absolute atomic E-state index is 0.0984. The van der Waals surface area contributed by atoms with Gasteiger partial charge in [-0.1, -0.05) is 0 Å². The highest BCUT2D eigenvalue weighted by molar-refractivity contribution is 7.90. The van der Waals surface area contributed by atoms with Gasteiger partial charge in [-0.3, -0.25) is 9.89 Å². The normalized spacial score (nSPS) is 20.5. The molecule has 2 heterocycles. The van der Waals surface area contributed by atoms with Gasteiger partial charge < -0.3 is 4.90 Å². The molecule has 2 rings (SSSR count). The van der Waals surface area contributed by atoms with Crippen LogP contribution in [0.3, 0.4) is 0 Å². The van der Waals surface area contributed by atoms with Crippen molar-refractivity contribution in [2.75, 3.05) is 18.7 Å². The van der Waals surface area contributed by atoms with Crippen LogP contribution in [0.5, 0.6) is 0 Å². The molecule has 1 aliphatic rings. The van der Waals surface area contributed by atoms with Crippen LogP contribution in [-0.2, 0) is 14.6 Å². The number of likely N-dealkylation sites (tertiary alicyclic amines) is 1. The van der Waals surface area contributed by atoms with Crippen molar-refractivity contribution in [1.29, 1.82) is 0 Å². The lowest BCUT2D eigenvalue weighted by atomic mass is 9.99. The second kappa shape index (κ2) is 5.50. The van der Waals surface area contributed by atoms with Crippen LogP contribution in [0.15, 0.2) is 11.1 Å². The standard InChI is InChI=1S/C11H16ClN3O3S/c1-19(17,18)9-7-13-14-11(9)8-4-2-3-5-15(8)10(16)6-12/h7-8H,2-6H2,1H3,(H,13,14). The number of rotatable bonds is 3. The average molecular weight is 306 g/mol. The van der Waals surface area contributed by atoms with Crippen molar-refractivity contribution in [2.45, 2.75) is 30.2 Å². The Morgan fingerprint density at radius 3 is 2.95 bits per heavy atom. The first kappa shape index (κ1) is 14.3. The first-order chi connectivity index (χ1) is 8.95. The number of aromatic nitrogens is 2. The van der Waals surface area contributed by atoms with Gasteiger partial charge in [-0.05, 0) is 19.3 Å². The Morgan fingerprint density at radius 2 is 2.32 bits per heavy atom. The zero-order chi connectivity index (χ0) is 14.0. The summed E-state index contributed by atoms with van der Waals surface area (Å²) < 4.78 is 23.4. The van der Waals surface area contributed by atoms with E-state index in [1.807, 2.05) is 0 Å². The molecule has 0 aromatic carbocycles. The topological polar surface area (TPSA) is 83.1 Å². The molecule has 1 aliphatic heterocycles. The van der Waals surface area contributed by atoms with Gasteiger partial charge in [-0.25, -0.2) is 8.42 Å². The Balaban J connectivity index is 2.39. The van der Waals surface area contributed by atoms with E-state index in [4.69, 9.17) is 11.6 Å². The predicted octanol–water partition coefficient (Wildman–Crippen LogP) is 1.11. The van der Waals surface area contributed by atoms with E-state index in [2.05, 4.69) is 10.2 Å². The predicted molar refractivity (Wildman–Crippen MR) is 70.7 cm³/mol. The van der Waals surface area contributed by atoms with Crippen molar-refractivity contribution in [3.63, 3.8) is 0 Å². The second-order valence-corrected chi connectivity index (χ2v) is 6.90. The fourth-order valence-electron chi connectivity index (χ4n) is 2.43. The molecule has 0 saturated carbocycles. The summed E-state index contributed by atoms with van der Waals surface area (Å²) in [5.41, 5.74) is 0.487. The molecule has 0 spiro atoms. The third-order valence-electron chi connectivity index (χ3n) is 3.30. The van der Waals surface area contributed by atoms with Gasteiger partial charge in [0.15, 0.2) is 9.84 Å². The zero-order valence-electron chi connectivity index (χ0n) is 10.6. The van der Waals surface area contributed by atoms with Gasteiger partial charge in [-0.15, -0.1) is 11.6 Å². The minimum atomic E-state index is -3.36. The van der Waals surface area contributed by atoms with Gasteiger partial charge in [0.05, 0.1) is 17.9 Å². The summed E-state index contributed by atoms with van der Waals surface area (Å²) in [6, 6.07) is -0.285. The molecule has 1 atom stereocenters. The Bertz CT molecular complexity index is 569. The van der Waals surface area contributed by atoms with Crippen LogP contribution in [0.2, 0.25) is 0 Å². The molecule has 1 aromatic heterocycles. The van der Waals surface area contributed by atoms with Crippen LogP contribution < -0.4 is 0 Å². The number of aromatic amines is 1. The number of sulfone groups is 1. The first-order valence-corrected chi connectivity index (χ1v) is 8.46. The summed E-state index contributed by atoms with van der Waals surface area (Å²) in [5, 5.41) is 6.53. The number of nitrogens with zero attached hydrogens (tertiary/aromatic N) is 2. The highest BCUT2D eigenvalue weighted by Gasteiger charge is 2.32. The highest BCUT2D eigenvalue weighted by atomic mass is 35.5. The number of carbonyl (C=O) groups excluding carboxylic acids is 1. The van der Waals surface area contributed by atoms with Crippen molar-refractivity contribution in [1.82, 2.24) is 15.1 Å². The molecular weight excluding hydrogens is 290 g/mol. The van der Waals surface area contributed by atoms with E-state index in [0.29, 0.717) is 18.7 Å². The lowest BCUT2D eigenvalue weighted by molar-refractivity contribution is -0.132. The lowest BCUT2D eigenvalue weighted by Crippen LogP contribution is -2.39. The molecular formula is C11H16ClN3O3S. The number of halogens is 1. The van der Waals surface area contributed by atoms with Gasteiger partial charge in [0, 0.05) is 12.8 Å². The van der Waals surface area contributed by atoms with E-state index in [9.17, 15) is 13.2 Å². The summed E-state index contributed by atoms with van der Waals surface area (Å²) in [7, 11) is -3.36. The fourth-order valence-corrected chi connectivity index (χ4v) is 3.41. The maximum absolute atomic E-state index is 11.8. The van der Waals surface area contributed by atoms with Crippen molar-refractivity contribution in [3.05, 3.63) is 11.9 Å². The fraction of sp³-hybridized carbons (Fsp3) is 0.636. The molecule has 6 nitrogen and oxygen atoms in total. The van der Waals surface area contributed by atoms with Gasteiger partial charge in [0.1, 0.15) is 10.8 Å². The number of alkyl halides is 1. The number of H-pyrrole nitrogens is 1. The molecule has 1 fully saturated rings. The number of hydrogen-bond donors (Lipinski definition) is 1. The maximum Gasteiger partial charge on any atom is 0.238 e. The Hall–Kier alpha value is -1.08. The highest BCUT2D eigenvalue weighted by Crippen LogP contribution is 2.33. The summed E-state index contributed by atoms with van der Waals surface area (Å²) in [5.74, 6) is -0.279. The summed E-state index contributed by atoms with van der Waals surface area (Å²) in [6.45, 7) is 0.596. The monoisotopic (exact) mass is 305 g/mol. The van der Waals surface area contributed by atoms with Crippen molar-refractivity contribution < 1.29 is 13.2 Å². The SMILES string of the molecule is CS(=O)(=O)c1cn[nH]c1C1CCCCN1C(=O)CCl. The van der Waals surface area contributed by atoms with Gasteiger partial charge in [-0.2, -0.15) is 5.10 Å². The Kier molecular flexibility index (Phi) is 4.15. The van der Waals surface area contributed by atoms with Crippen LogP contribution in [0, 0.1) is 0 Å². The number of nitrogens with one attached hydrogen (secondary N) is 1. The largest absolute Gasteiger partial charge is 0.333 e. The molecule has 1 aromatic rings. The number of hydrogen-bond acceptors (Lipinski definition) is 4. The number of carbonyl (C=O) groups is 1. The second-order valence-electron chi connectivity index (χ2n) is 4.65. The molecule has 1 unspecified atom stereocenters. The zero-order valence-corrected chi connectivity index (χ0v) is 12.2. The minimum Gasteiger partial charge on any atom is -0.333 e. The third kappa shape index (κ3) is 2.92. The molecule has 0 radical (unpaired) electrons. The molecule has 1 N–H and O–H groups in total.